The van der Waals surface area contributed by atoms with Crippen molar-refractivity contribution >= 4 is 11.0 Å². The third kappa shape index (κ3) is 2.47. The van der Waals surface area contributed by atoms with E-state index >= 15 is 0 Å². The number of fused-ring (bicyclic) bond motifs is 1. The van der Waals surface area contributed by atoms with Gasteiger partial charge in [-0.2, -0.15) is 0 Å². The van der Waals surface area contributed by atoms with Crippen LogP contribution in [-0.4, -0.2) is 36.1 Å². The molecule has 0 unspecified atom stereocenters. The van der Waals surface area contributed by atoms with Crippen LogP contribution >= 0.6 is 0 Å². The Morgan fingerprint density at radius 1 is 1.22 bits per heavy atom. The summed E-state index contributed by atoms with van der Waals surface area (Å²) in [5.41, 5.74) is 2.87. The first kappa shape index (κ1) is 11.5. The topological polar surface area (TPSA) is 72.7 Å². The van der Waals surface area contributed by atoms with Gasteiger partial charge in [0.2, 0.25) is 0 Å². The summed E-state index contributed by atoms with van der Waals surface area (Å²) in [6.07, 6.45) is 0.989. The van der Waals surface area contributed by atoms with Crippen molar-refractivity contribution in [2.24, 2.45) is 5.92 Å². The second kappa shape index (κ2) is 4.96. The Hall–Kier alpha value is -1.59. The fraction of sp³-hybridized carbons (Fsp3) is 0.462. The zero-order valence-electron chi connectivity index (χ0n) is 10.3. The van der Waals surface area contributed by atoms with E-state index in [1.165, 1.54) is 5.56 Å². The van der Waals surface area contributed by atoms with Gasteiger partial charge in [0.05, 0.1) is 11.0 Å². The highest BCUT2D eigenvalue weighted by Gasteiger charge is 2.15. The predicted octanol–water partition coefficient (Wildman–Crippen LogP) is 0.208. The molecule has 5 heteroatoms. The molecule has 0 radical (unpaired) electrons. The number of hydrogen-bond donors (Lipinski definition) is 4. The summed E-state index contributed by atoms with van der Waals surface area (Å²) in [7, 11) is 0. The zero-order chi connectivity index (χ0) is 12.4. The maximum atomic E-state index is 11.1. The summed E-state index contributed by atoms with van der Waals surface area (Å²) in [5.74, 6) is 0.800. The maximum Gasteiger partial charge on any atom is 0.323 e. The summed E-state index contributed by atoms with van der Waals surface area (Å²) >= 11 is 0. The SMILES string of the molecule is O=c1[nH]c2ccc(CCNCC3CNC3)cc2[nH]1. The van der Waals surface area contributed by atoms with Crippen LogP contribution in [-0.2, 0) is 6.42 Å². The lowest BCUT2D eigenvalue weighted by Gasteiger charge is -2.27. The zero-order valence-corrected chi connectivity index (χ0v) is 10.3. The molecule has 1 aliphatic rings. The van der Waals surface area contributed by atoms with Gasteiger partial charge in [-0.05, 0) is 36.6 Å². The minimum Gasteiger partial charge on any atom is -0.316 e. The van der Waals surface area contributed by atoms with Crippen molar-refractivity contribution in [1.29, 1.82) is 0 Å². The molecule has 96 valence electrons. The fourth-order valence-corrected chi connectivity index (χ4v) is 2.27. The summed E-state index contributed by atoms with van der Waals surface area (Å²) in [6, 6.07) is 6.07. The van der Waals surface area contributed by atoms with E-state index in [9.17, 15) is 4.79 Å². The molecule has 0 aliphatic carbocycles. The standard InChI is InChI=1S/C13H18N4O/c18-13-16-11-2-1-9(5-12(11)17-13)3-4-14-6-10-7-15-8-10/h1-2,5,10,14-15H,3-4,6-8H2,(H2,16,17,18). The number of hydrogen-bond acceptors (Lipinski definition) is 3. The number of imidazole rings is 1. The molecule has 2 aromatic rings. The molecule has 0 amide bonds. The minimum absolute atomic E-state index is 0.141. The third-order valence-electron chi connectivity index (χ3n) is 3.47. The van der Waals surface area contributed by atoms with Gasteiger partial charge in [-0.3, -0.25) is 0 Å². The lowest BCUT2D eigenvalue weighted by atomic mass is 10.0. The second-order valence-corrected chi connectivity index (χ2v) is 4.94. The van der Waals surface area contributed by atoms with Crippen molar-refractivity contribution in [2.45, 2.75) is 6.42 Å². The van der Waals surface area contributed by atoms with Crippen molar-refractivity contribution in [3.05, 3.63) is 34.2 Å². The molecular formula is C13H18N4O. The molecule has 1 fully saturated rings. The van der Waals surface area contributed by atoms with Gasteiger partial charge < -0.3 is 20.6 Å². The molecule has 1 aromatic heterocycles. The molecule has 1 saturated heterocycles. The Morgan fingerprint density at radius 2 is 2.06 bits per heavy atom. The van der Waals surface area contributed by atoms with Crippen molar-refractivity contribution in [2.75, 3.05) is 26.2 Å². The van der Waals surface area contributed by atoms with Gasteiger partial charge in [0.15, 0.2) is 0 Å². The first-order valence-electron chi connectivity index (χ1n) is 6.43. The summed E-state index contributed by atoms with van der Waals surface area (Å²) < 4.78 is 0. The Balaban J connectivity index is 1.55. The van der Waals surface area contributed by atoms with E-state index in [0.29, 0.717) is 0 Å². The molecule has 0 spiro atoms. The van der Waals surface area contributed by atoms with Crippen LogP contribution in [0.5, 0.6) is 0 Å². The number of H-pyrrole nitrogens is 2. The monoisotopic (exact) mass is 246 g/mol. The van der Waals surface area contributed by atoms with Crippen LogP contribution < -0.4 is 16.3 Å². The average Bonchev–Trinajstić information content (AvgIpc) is 2.65. The maximum absolute atomic E-state index is 11.1. The van der Waals surface area contributed by atoms with Gasteiger partial charge in [0.25, 0.3) is 0 Å². The van der Waals surface area contributed by atoms with Crippen LogP contribution in [0.1, 0.15) is 5.56 Å². The normalized spacial score (nSPS) is 16.0. The highest BCUT2D eigenvalue weighted by atomic mass is 16.1. The molecule has 0 bridgehead atoms. The van der Waals surface area contributed by atoms with Crippen molar-refractivity contribution in [3.63, 3.8) is 0 Å². The first-order valence-corrected chi connectivity index (χ1v) is 6.43. The van der Waals surface area contributed by atoms with E-state index in [2.05, 4.69) is 26.7 Å². The van der Waals surface area contributed by atoms with Crippen LogP contribution in [0.15, 0.2) is 23.0 Å². The van der Waals surface area contributed by atoms with Gasteiger partial charge in [0.1, 0.15) is 0 Å². The summed E-state index contributed by atoms with van der Waals surface area (Å²) in [5, 5.41) is 6.73. The Labute approximate surface area is 105 Å². The second-order valence-electron chi connectivity index (χ2n) is 4.94. The lowest BCUT2D eigenvalue weighted by Crippen LogP contribution is -2.47. The number of aromatic nitrogens is 2. The minimum atomic E-state index is -0.141. The van der Waals surface area contributed by atoms with Crippen LogP contribution in [0.2, 0.25) is 0 Å². The van der Waals surface area contributed by atoms with E-state index in [1.807, 2.05) is 12.1 Å². The number of rotatable bonds is 5. The van der Waals surface area contributed by atoms with E-state index in [1.54, 1.807) is 0 Å². The number of aromatic amines is 2. The quantitative estimate of drug-likeness (QED) is 0.570. The Kier molecular flexibility index (Phi) is 3.17. The predicted molar refractivity (Wildman–Crippen MR) is 71.9 cm³/mol. The average molecular weight is 246 g/mol. The molecule has 0 atom stereocenters. The van der Waals surface area contributed by atoms with E-state index in [0.717, 1.165) is 49.6 Å². The Morgan fingerprint density at radius 3 is 2.83 bits per heavy atom. The molecule has 0 saturated carbocycles. The van der Waals surface area contributed by atoms with Crippen molar-refractivity contribution in [1.82, 2.24) is 20.6 Å². The van der Waals surface area contributed by atoms with Crippen LogP contribution in [0.4, 0.5) is 0 Å². The highest BCUT2D eigenvalue weighted by Crippen LogP contribution is 2.10. The van der Waals surface area contributed by atoms with E-state index < -0.39 is 0 Å². The van der Waals surface area contributed by atoms with Gasteiger partial charge in [-0.1, -0.05) is 6.07 Å². The molecule has 5 nitrogen and oxygen atoms in total. The first-order chi connectivity index (χ1) is 8.81. The molecule has 18 heavy (non-hydrogen) atoms. The highest BCUT2D eigenvalue weighted by molar-refractivity contribution is 5.74. The lowest BCUT2D eigenvalue weighted by molar-refractivity contribution is 0.333. The number of nitrogens with one attached hydrogen (secondary N) is 4. The number of benzene rings is 1. The van der Waals surface area contributed by atoms with Gasteiger partial charge in [-0.25, -0.2) is 4.79 Å². The summed E-state index contributed by atoms with van der Waals surface area (Å²) in [4.78, 5) is 16.7. The fourth-order valence-electron chi connectivity index (χ4n) is 2.27. The molecule has 1 aliphatic heterocycles. The Bertz CT molecular complexity index is 582. The molecule has 4 N–H and O–H groups in total. The van der Waals surface area contributed by atoms with Crippen LogP contribution in [0, 0.1) is 5.92 Å². The molecule has 2 heterocycles. The third-order valence-corrected chi connectivity index (χ3v) is 3.47. The van der Waals surface area contributed by atoms with Crippen molar-refractivity contribution < 1.29 is 0 Å². The summed E-state index contributed by atoms with van der Waals surface area (Å²) in [6.45, 7) is 4.36. The molecular weight excluding hydrogens is 228 g/mol. The van der Waals surface area contributed by atoms with E-state index in [-0.39, 0.29) is 5.69 Å². The van der Waals surface area contributed by atoms with Gasteiger partial charge in [-0.15, -0.1) is 0 Å². The molecule has 3 rings (SSSR count). The van der Waals surface area contributed by atoms with Gasteiger partial charge in [0, 0.05) is 19.6 Å². The largest absolute Gasteiger partial charge is 0.323 e. The van der Waals surface area contributed by atoms with Gasteiger partial charge >= 0.3 is 5.69 Å². The van der Waals surface area contributed by atoms with E-state index in [4.69, 9.17) is 0 Å². The van der Waals surface area contributed by atoms with Crippen LogP contribution in [0.25, 0.3) is 11.0 Å². The molecule has 1 aromatic carbocycles. The van der Waals surface area contributed by atoms with Crippen LogP contribution in [0.3, 0.4) is 0 Å². The smallest absolute Gasteiger partial charge is 0.316 e. The van der Waals surface area contributed by atoms with Crippen molar-refractivity contribution in [3.8, 4) is 0 Å².